The van der Waals surface area contributed by atoms with Gasteiger partial charge in [0.1, 0.15) is 0 Å². The van der Waals surface area contributed by atoms with Crippen LogP contribution in [0.1, 0.15) is 52.6 Å². The van der Waals surface area contributed by atoms with E-state index in [0.29, 0.717) is 11.7 Å². The van der Waals surface area contributed by atoms with Crippen LogP contribution in [-0.2, 0) is 6.54 Å². The van der Waals surface area contributed by atoms with E-state index in [1.54, 1.807) is 0 Å². The standard InChI is InChI=1S/C26H26N4O2/c31-25-24(29-16-30-26(25)32)23-13-22(23)20-9-7-18(8-10-20)2-1-17-3-5-19(6-4-17)14-28-21-11-12-27-15-21/h3-10,16,21-23,27-28,31H,11-15H2,(H,29,30,32)/t21-,22?,23?/m1/s1. The molecule has 2 aromatic carbocycles. The van der Waals surface area contributed by atoms with Crippen LogP contribution in [-0.4, -0.2) is 34.2 Å². The molecule has 0 amide bonds. The van der Waals surface area contributed by atoms with Crippen molar-refractivity contribution in [2.75, 3.05) is 13.1 Å². The van der Waals surface area contributed by atoms with E-state index in [-0.39, 0.29) is 17.6 Å². The molecule has 2 heterocycles. The Kier molecular flexibility index (Phi) is 5.76. The van der Waals surface area contributed by atoms with Crippen LogP contribution >= 0.6 is 0 Å². The van der Waals surface area contributed by atoms with Crippen molar-refractivity contribution in [3.8, 4) is 17.6 Å². The summed E-state index contributed by atoms with van der Waals surface area (Å²) in [4.78, 5) is 18.1. The Hall–Kier alpha value is -3.40. The molecule has 0 spiro atoms. The highest BCUT2D eigenvalue weighted by Crippen LogP contribution is 2.55. The number of aromatic amines is 1. The second-order valence-electron chi connectivity index (χ2n) is 8.55. The first-order valence-electron chi connectivity index (χ1n) is 11.1. The van der Waals surface area contributed by atoms with Gasteiger partial charge in [0.05, 0.1) is 12.0 Å². The fraction of sp³-hybridized carbons (Fsp3) is 0.308. The van der Waals surface area contributed by atoms with Crippen LogP contribution in [0, 0.1) is 11.8 Å². The summed E-state index contributed by atoms with van der Waals surface area (Å²) in [6, 6.07) is 17.2. The van der Waals surface area contributed by atoms with E-state index < -0.39 is 5.56 Å². The van der Waals surface area contributed by atoms with Gasteiger partial charge in [-0.05, 0) is 60.7 Å². The van der Waals surface area contributed by atoms with E-state index in [9.17, 15) is 9.90 Å². The summed E-state index contributed by atoms with van der Waals surface area (Å²) in [5, 5.41) is 16.9. The summed E-state index contributed by atoms with van der Waals surface area (Å²) in [5.41, 5.74) is 4.41. The second kappa shape index (κ2) is 8.99. The van der Waals surface area contributed by atoms with Gasteiger partial charge in [0.2, 0.25) is 5.75 Å². The molecule has 6 nitrogen and oxygen atoms in total. The molecule has 6 heteroatoms. The molecule has 1 aliphatic carbocycles. The number of hydrogen-bond acceptors (Lipinski definition) is 5. The molecule has 0 radical (unpaired) electrons. The fourth-order valence-corrected chi connectivity index (χ4v) is 4.30. The molecule has 2 aliphatic rings. The number of hydrogen-bond donors (Lipinski definition) is 4. The van der Waals surface area contributed by atoms with Gasteiger partial charge in [0.15, 0.2) is 0 Å². The molecular formula is C26H26N4O2. The zero-order valence-electron chi connectivity index (χ0n) is 17.8. The number of H-pyrrole nitrogens is 1. The molecule has 5 rings (SSSR count). The van der Waals surface area contributed by atoms with Crippen LogP contribution in [0.5, 0.6) is 5.75 Å². The van der Waals surface area contributed by atoms with Gasteiger partial charge >= 0.3 is 0 Å². The minimum atomic E-state index is -0.485. The largest absolute Gasteiger partial charge is 0.502 e. The zero-order chi connectivity index (χ0) is 21.9. The summed E-state index contributed by atoms with van der Waals surface area (Å²) in [7, 11) is 0. The van der Waals surface area contributed by atoms with Gasteiger partial charge in [0.25, 0.3) is 5.56 Å². The number of nitrogens with zero attached hydrogens (tertiary/aromatic N) is 1. The van der Waals surface area contributed by atoms with E-state index in [0.717, 1.165) is 37.2 Å². The van der Waals surface area contributed by atoms with Gasteiger partial charge < -0.3 is 20.7 Å². The van der Waals surface area contributed by atoms with Crippen LogP contribution in [0.4, 0.5) is 0 Å². The van der Waals surface area contributed by atoms with E-state index >= 15 is 0 Å². The van der Waals surface area contributed by atoms with Gasteiger partial charge in [0, 0.05) is 36.2 Å². The lowest BCUT2D eigenvalue weighted by atomic mass is 10.0. The number of nitrogens with one attached hydrogen (secondary N) is 3. The Morgan fingerprint density at radius 1 is 1.03 bits per heavy atom. The van der Waals surface area contributed by atoms with Gasteiger partial charge in [-0.1, -0.05) is 36.1 Å². The topological polar surface area (TPSA) is 90.0 Å². The van der Waals surface area contributed by atoms with Gasteiger partial charge in [-0.25, -0.2) is 4.98 Å². The summed E-state index contributed by atoms with van der Waals surface area (Å²) >= 11 is 0. The highest BCUT2D eigenvalue weighted by molar-refractivity contribution is 5.46. The predicted octanol–water partition coefficient (Wildman–Crippen LogP) is 2.60. The highest BCUT2D eigenvalue weighted by atomic mass is 16.3. The minimum Gasteiger partial charge on any atom is -0.502 e. The van der Waals surface area contributed by atoms with Crippen molar-refractivity contribution in [1.29, 1.82) is 0 Å². The first-order valence-corrected chi connectivity index (χ1v) is 11.1. The molecular weight excluding hydrogens is 400 g/mol. The smallest absolute Gasteiger partial charge is 0.293 e. The Bertz CT molecular complexity index is 1200. The van der Waals surface area contributed by atoms with E-state index in [4.69, 9.17) is 0 Å². The van der Waals surface area contributed by atoms with E-state index in [2.05, 4.69) is 68.8 Å². The first-order chi connectivity index (χ1) is 15.7. The molecule has 1 aliphatic heterocycles. The van der Waals surface area contributed by atoms with Crippen molar-refractivity contribution in [1.82, 2.24) is 20.6 Å². The van der Waals surface area contributed by atoms with E-state index in [1.165, 1.54) is 23.9 Å². The molecule has 0 bridgehead atoms. The lowest BCUT2D eigenvalue weighted by molar-refractivity contribution is 0.454. The average Bonchev–Trinajstić information content (AvgIpc) is 3.44. The number of rotatable bonds is 5. The van der Waals surface area contributed by atoms with Crippen LogP contribution in [0.25, 0.3) is 0 Å². The van der Waals surface area contributed by atoms with Crippen molar-refractivity contribution >= 4 is 0 Å². The number of aromatic hydroxyl groups is 1. The summed E-state index contributed by atoms with van der Waals surface area (Å²) in [5.74, 6) is 6.57. The zero-order valence-corrected chi connectivity index (χ0v) is 17.8. The molecule has 3 aromatic rings. The number of aromatic nitrogens is 2. The predicted molar refractivity (Wildman–Crippen MR) is 124 cm³/mol. The number of benzene rings is 2. The quantitative estimate of drug-likeness (QED) is 0.471. The third-order valence-corrected chi connectivity index (χ3v) is 6.30. The maximum absolute atomic E-state index is 11.6. The van der Waals surface area contributed by atoms with Crippen LogP contribution in [0.3, 0.4) is 0 Å². The molecule has 3 atom stereocenters. The molecule has 2 fully saturated rings. The molecule has 32 heavy (non-hydrogen) atoms. The fourth-order valence-electron chi connectivity index (χ4n) is 4.30. The van der Waals surface area contributed by atoms with Gasteiger partial charge in [-0.2, -0.15) is 0 Å². The molecule has 1 saturated heterocycles. The third kappa shape index (κ3) is 4.59. The second-order valence-corrected chi connectivity index (χ2v) is 8.55. The first kappa shape index (κ1) is 20.5. The Balaban J connectivity index is 1.19. The van der Waals surface area contributed by atoms with Gasteiger partial charge in [-0.3, -0.25) is 4.79 Å². The van der Waals surface area contributed by atoms with Crippen molar-refractivity contribution in [2.45, 2.75) is 37.3 Å². The highest BCUT2D eigenvalue weighted by Gasteiger charge is 2.42. The molecule has 2 unspecified atom stereocenters. The van der Waals surface area contributed by atoms with E-state index in [1.807, 2.05) is 12.1 Å². The Morgan fingerprint density at radius 2 is 1.75 bits per heavy atom. The van der Waals surface area contributed by atoms with Crippen molar-refractivity contribution in [2.24, 2.45) is 0 Å². The Labute approximate surface area is 187 Å². The Morgan fingerprint density at radius 3 is 2.44 bits per heavy atom. The van der Waals surface area contributed by atoms with Crippen molar-refractivity contribution in [3.05, 3.63) is 93.2 Å². The minimum absolute atomic E-state index is 0.0900. The molecule has 4 N–H and O–H groups in total. The molecule has 162 valence electrons. The maximum Gasteiger partial charge on any atom is 0.293 e. The monoisotopic (exact) mass is 426 g/mol. The summed E-state index contributed by atoms with van der Waals surface area (Å²) < 4.78 is 0. The summed E-state index contributed by atoms with van der Waals surface area (Å²) in [6.07, 6.45) is 3.42. The van der Waals surface area contributed by atoms with Gasteiger partial charge in [-0.15, -0.1) is 0 Å². The SMILES string of the molecule is O=c1[nH]cnc(C2CC2c2ccc(C#Cc3ccc(CN[C@@H]4CCNC4)cc3)cc2)c1O. The van der Waals surface area contributed by atoms with Crippen LogP contribution in [0.15, 0.2) is 59.7 Å². The molecule has 1 aromatic heterocycles. The summed E-state index contributed by atoms with van der Waals surface area (Å²) in [6.45, 7) is 3.03. The normalized spacial score (nSPS) is 21.7. The maximum atomic E-state index is 11.6. The lowest BCUT2D eigenvalue weighted by Gasteiger charge is -2.10. The average molecular weight is 427 g/mol. The van der Waals surface area contributed by atoms with Crippen molar-refractivity contribution < 1.29 is 5.11 Å². The third-order valence-electron chi connectivity index (χ3n) is 6.30. The van der Waals surface area contributed by atoms with Crippen LogP contribution in [0.2, 0.25) is 0 Å². The molecule has 1 saturated carbocycles. The van der Waals surface area contributed by atoms with Crippen LogP contribution < -0.4 is 16.2 Å². The van der Waals surface area contributed by atoms with Crippen molar-refractivity contribution in [3.63, 3.8) is 0 Å². The lowest BCUT2D eigenvalue weighted by Crippen LogP contribution is -2.30.